The summed E-state index contributed by atoms with van der Waals surface area (Å²) in [5.74, 6) is 0.752. The van der Waals surface area contributed by atoms with Crippen LogP contribution in [0.25, 0.3) is 5.65 Å². The van der Waals surface area contributed by atoms with Crippen LogP contribution in [0, 0.1) is 6.92 Å². The molecule has 0 unspecified atom stereocenters. The van der Waals surface area contributed by atoms with E-state index in [0.717, 1.165) is 17.1 Å². The molecule has 0 saturated carbocycles. The Kier molecular flexibility index (Phi) is 3.61. The number of aryl methyl sites for hydroxylation is 1. The third-order valence-electron chi connectivity index (χ3n) is 2.58. The number of aromatic nitrogens is 2. The fourth-order valence-corrected chi connectivity index (χ4v) is 1.58. The molecule has 0 saturated heterocycles. The molecular weight excluding hydrogens is 220 g/mol. The van der Waals surface area contributed by atoms with Gasteiger partial charge in [-0.3, -0.25) is 0 Å². The topological polar surface area (TPSA) is 45.0 Å². The maximum absolute atomic E-state index is 5.56. The molecule has 0 aliphatic rings. The number of pyridine rings is 1. The highest BCUT2D eigenvalue weighted by Gasteiger charge is 2.07. The van der Waals surface area contributed by atoms with Crippen molar-refractivity contribution in [3.8, 4) is 5.75 Å². The number of methoxy groups -OCH3 is 2. The molecule has 2 rings (SSSR count). The monoisotopic (exact) mass is 236 g/mol. The fraction of sp³-hybridized carbons (Fsp3) is 0.417. The van der Waals surface area contributed by atoms with E-state index in [-0.39, 0.29) is 6.29 Å². The van der Waals surface area contributed by atoms with Gasteiger partial charge in [0.05, 0.1) is 0 Å². The van der Waals surface area contributed by atoms with Crippen molar-refractivity contribution in [1.82, 2.24) is 9.38 Å². The molecule has 5 heteroatoms. The molecular formula is C12H16N2O3. The van der Waals surface area contributed by atoms with Crippen LogP contribution in [0.3, 0.4) is 0 Å². The van der Waals surface area contributed by atoms with Crippen LogP contribution in [0.15, 0.2) is 24.5 Å². The third-order valence-corrected chi connectivity index (χ3v) is 2.58. The normalized spacial score (nSPS) is 11.3. The van der Waals surface area contributed by atoms with Crippen LogP contribution >= 0.6 is 0 Å². The van der Waals surface area contributed by atoms with Gasteiger partial charge in [0, 0.05) is 38.4 Å². The van der Waals surface area contributed by atoms with Gasteiger partial charge in [0.1, 0.15) is 18.0 Å². The molecule has 5 nitrogen and oxygen atoms in total. The van der Waals surface area contributed by atoms with Gasteiger partial charge in [0.2, 0.25) is 0 Å². The lowest BCUT2D eigenvalue weighted by Crippen LogP contribution is -2.22. The standard InChI is InChI=1S/C12H16N2O3/c1-9-7-13-11-6-10(4-5-14(9)11)17-8-12(15-2)16-3/h4-7,12H,8H2,1-3H3. The van der Waals surface area contributed by atoms with Crippen LogP contribution in [0.1, 0.15) is 5.69 Å². The van der Waals surface area contributed by atoms with Crippen LogP contribution in [0.5, 0.6) is 5.75 Å². The molecule has 0 aliphatic heterocycles. The van der Waals surface area contributed by atoms with Crippen molar-refractivity contribution in [2.24, 2.45) is 0 Å². The molecule has 0 atom stereocenters. The smallest absolute Gasteiger partial charge is 0.191 e. The van der Waals surface area contributed by atoms with Gasteiger partial charge in [-0.05, 0) is 13.0 Å². The zero-order valence-corrected chi connectivity index (χ0v) is 10.2. The second-order valence-electron chi connectivity index (χ2n) is 3.70. The van der Waals surface area contributed by atoms with Crippen LogP contribution in [-0.2, 0) is 9.47 Å². The summed E-state index contributed by atoms with van der Waals surface area (Å²) in [5, 5.41) is 0. The summed E-state index contributed by atoms with van der Waals surface area (Å²) in [6.07, 6.45) is 3.40. The summed E-state index contributed by atoms with van der Waals surface area (Å²) < 4.78 is 17.7. The Morgan fingerprint density at radius 1 is 1.35 bits per heavy atom. The Bertz CT molecular complexity index is 491. The molecule has 92 valence electrons. The van der Waals surface area contributed by atoms with Crippen molar-refractivity contribution in [3.05, 3.63) is 30.2 Å². The first kappa shape index (κ1) is 11.9. The molecule has 2 aromatic rings. The predicted molar refractivity (Wildman–Crippen MR) is 63.2 cm³/mol. The molecule has 17 heavy (non-hydrogen) atoms. The molecule has 0 aromatic carbocycles. The number of rotatable bonds is 5. The highest BCUT2D eigenvalue weighted by Crippen LogP contribution is 2.15. The van der Waals surface area contributed by atoms with E-state index in [9.17, 15) is 0 Å². The van der Waals surface area contributed by atoms with Crippen molar-refractivity contribution in [2.45, 2.75) is 13.2 Å². The Morgan fingerprint density at radius 3 is 2.82 bits per heavy atom. The Balaban J connectivity index is 2.09. The van der Waals surface area contributed by atoms with E-state index >= 15 is 0 Å². The molecule has 0 radical (unpaired) electrons. The van der Waals surface area contributed by atoms with E-state index < -0.39 is 0 Å². The zero-order chi connectivity index (χ0) is 12.3. The Labute approximate surface area is 99.9 Å². The summed E-state index contributed by atoms with van der Waals surface area (Å²) in [5.41, 5.74) is 1.96. The number of fused-ring (bicyclic) bond motifs is 1. The third kappa shape index (κ3) is 2.57. The second-order valence-corrected chi connectivity index (χ2v) is 3.70. The molecule has 2 aromatic heterocycles. The van der Waals surface area contributed by atoms with Gasteiger partial charge >= 0.3 is 0 Å². The second kappa shape index (κ2) is 5.16. The fourth-order valence-electron chi connectivity index (χ4n) is 1.58. The number of imidazole rings is 1. The first-order valence-electron chi connectivity index (χ1n) is 5.36. The summed E-state index contributed by atoms with van der Waals surface area (Å²) in [7, 11) is 3.16. The molecule has 0 bridgehead atoms. The number of hydrogen-bond donors (Lipinski definition) is 0. The van der Waals surface area contributed by atoms with Gasteiger partial charge in [0.15, 0.2) is 6.29 Å². The van der Waals surface area contributed by atoms with E-state index in [4.69, 9.17) is 14.2 Å². The van der Waals surface area contributed by atoms with Crippen LogP contribution < -0.4 is 4.74 Å². The van der Waals surface area contributed by atoms with Crippen LogP contribution in [0.2, 0.25) is 0 Å². The summed E-state index contributed by atoms with van der Waals surface area (Å²) in [4.78, 5) is 4.27. The molecule has 2 heterocycles. The van der Waals surface area contributed by atoms with E-state index in [2.05, 4.69) is 4.98 Å². The van der Waals surface area contributed by atoms with Gasteiger partial charge in [-0.1, -0.05) is 0 Å². The minimum absolute atomic E-state index is 0.350. The molecule has 0 amide bonds. The van der Waals surface area contributed by atoms with Crippen molar-refractivity contribution in [2.75, 3.05) is 20.8 Å². The first-order chi connectivity index (χ1) is 8.24. The average molecular weight is 236 g/mol. The maximum atomic E-state index is 5.56. The van der Waals surface area contributed by atoms with E-state index in [1.54, 1.807) is 14.2 Å². The first-order valence-corrected chi connectivity index (χ1v) is 5.36. The quantitative estimate of drug-likeness (QED) is 0.740. The minimum atomic E-state index is -0.354. The lowest BCUT2D eigenvalue weighted by atomic mass is 10.4. The van der Waals surface area contributed by atoms with Gasteiger partial charge in [0.25, 0.3) is 0 Å². The Hall–Kier alpha value is -1.59. The van der Waals surface area contributed by atoms with Gasteiger partial charge in [-0.15, -0.1) is 0 Å². The number of hydrogen-bond acceptors (Lipinski definition) is 4. The lowest BCUT2D eigenvalue weighted by Gasteiger charge is -2.14. The van der Waals surface area contributed by atoms with E-state index in [1.807, 2.05) is 35.9 Å². The predicted octanol–water partition coefficient (Wildman–Crippen LogP) is 1.64. The highest BCUT2D eigenvalue weighted by molar-refractivity contribution is 5.45. The van der Waals surface area contributed by atoms with Crippen LogP contribution in [-0.4, -0.2) is 36.5 Å². The largest absolute Gasteiger partial charge is 0.488 e. The lowest BCUT2D eigenvalue weighted by molar-refractivity contribution is -0.121. The molecule has 0 fully saturated rings. The number of ether oxygens (including phenoxy) is 3. The summed E-state index contributed by atoms with van der Waals surface area (Å²) in [6.45, 7) is 2.36. The van der Waals surface area contributed by atoms with Crippen molar-refractivity contribution < 1.29 is 14.2 Å². The molecule has 0 N–H and O–H groups in total. The zero-order valence-electron chi connectivity index (χ0n) is 10.2. The SMILES string of the molecule is COC(COc1ccn2c(C)cnc2c1)OC. The molecule has 0 aliphatic carbocycles. The van der Waals surface area contributed by atoms with Gasteiger partial charge in [-0.2, -0.15) is 0 Å². The number of nitrogens with zero attached hydrogens (tertiary/aromatic N) is 2. The van der Waals surface area contributed by atoms with Crippen LogP contribution in [0.4, 0.5) is 0 Å². The van der Waals surface area contributed by atoms with E-state index in [0.29, 0.717) is 6.61 Å². The Morgan fingerprint density at radius 2 is 2.12 bits per heavy atom. The minimum Gasteiger partial charge on any atom is -0.488 e. The maximum Gasteiger partial charge on any atom is 0.191 e. The highest BCUT2D eigenvalue weighted by atomic mass is 16.7. The van der Waals surface area contributed by atoms with E-state index in [1.165, 1.54) is 0 Å². The van der Waals surface area contributed by atoms with Crippen molar-refractivity contribution >= 4 is 5.65 Å². The van der Waals surface area contributed by atoms with Crippen molar-refractivity contribution in [3.63, 3.8) is 0 Å². The van der Waals surface area contributed by atoms with Gasteiger partial charge < -0.3 is 18.6 Å². The molecule has 0 spiro atoms. The van der Waals surface area contributed by atoms with Crippen molar-refractivity contribution in [1.29, 1.82) is 0 Å². The van der Waals surface area contributed by atoms with Gasteiger partial charge in [-0.25, -0.2) is 4.98 Å². The average Bonchev–Trinajstić information content (AvgIpc) is 2.72. The summed E-state index contributed by atoms with van der Waals surface area (Å²) >= 11 is 0. The summed E-state index contributed by atoms with van der Waals surface area (Å²) in [6, 6.07) is 3.78.